The Balaban J connectivity index is 2.26. The summed E-state index contributed by atoms with van der Waals surface area (Å²) in [6.45, 7) is 2.62. The third-order valence-corrected chi connectivity index (χ3v) is 4.31. The van der Waals surface area contributed by atoms with Crippen LogP contribution in [0, 0.1) is 0 Å². The molecule has 0 aliphatic carbocycles. The lowest BCUT2D eigenvalue weighted by atomic mass is 10.1. The smallest absolute Gasteiger partial charge is 0.130 e. The Hall–Kier alpha value is -2.60. The number of ether oxygens (including phenoxy) is 5. The van der Waals surface area contributed by atoms with E-state index in [0.717, 1.165) is 22.6 Å². The van der Waals surface area contributed by atoms with Gasteiger partial charge in [-0.05, 0) is 25.1 Å². The van der Waals surface area contributed by atoms with E-state index in [-0.39, 0.29) is 6.04 Å². The Kier molecular flexibility index (Phi) is 6.97. The highest BCUT2D eigenvalue weighted by molar-refractivity contribution is 5.51. The number of benzene rings is 2. The summed E-state index contributed by atoms with van der Waals surface area (Å²) in [5.41, 5.74) is 1.93. The first kappa shape index (κ1) is 19.7. The standard InChI is InChI=1S/C20H27NO5/c1-13(16-9-14(22-2)7-8-18(16)24-4)21-12-17-19(25-5)10-15(23-3)11-20(17)26-6/h7-11,13,21H,12H2,1-6H3. The van der Waals surface area contributed by atoms with Gasteiger partial charge in [-0.25, -0.2) is 0 Å². The molecule has 0 aliphatic heterocycles. The molecule has 26 heavy (non-hydrogen) atoms. The molecular weight excluding hydrogens is 334 g/mol. The molecule has 6 heteroatoms. The van der Waals surface area contributed by atoms with E-state index in [0.29, 0.717) is 23.8 Å². The second kappa shape index (κ2) is 9.20. The summed E-state index contributed by atoms with van der Waals surface area (Å²) < 4.78 is 27.1. The van der Waals surface area contributed by atoms with Crippen LogP contribution in [0.15, 0.2) is 30.3 Å². The molecule has 0 aromatic heterocycles. The molecule has 0 fully saturated rings. The van der Waals surface area contributed by atoms with E-state index in [1.807, 2.05) is 30.3 Å². The Morgan fingerprint density at radius 3 is 1.81 bits per heavy atom. The summed E-state index contributed by atoms with van der Waals surface area (Å²) in [5, 5.41) is 3.49. The molecule has 1 unspecified atom stereocenters. The Bertz CT molecular complexity index is 707. The molecule has 6 nitrogen and oxygen atoms in total. The van der Waals surface area contributed by atoms with E-state index in [2.05, 4.69) is 12.2 Å². The summed E-state index contributed by atoms with van der Waals surface area (Å²) in [4.78, 5) is 0. The van der Waals surface area contributed by atoms with Gasteiger partial charge in [0.25, 0.3) is 0 Å². The lowest BCUT2D eigenvalue weighted by Gasteiger charge is -2.20. The van der Waals surface area contributed by atoms with Gasteiger partial charge >= 0.3 is 0 Å². The van der Waals surface area contributed by atoms with Gasteiger partial charge in [0.15, 0.2) is 0 Å². The molecule has 0 spiro atoms. The number of rotatable bonds is 9. The van der Waals surface area contributed by atoms with E-state index in [1.54, 1.807) is 35.5 Å². The van der Waals surface area contributed by atoms with Crippen molar-refractivity contribution in [1.82, 2.24) is 5.32 Å². The average molecular weight is 361 g/mol. The van der Waals surface area contributed by atoms with Crippen molar-refractivity contribution in [2.45, 2.75) is 19.5 Å². The van der Waals surface area contributed by atoms with Crippen LogP contribution in [0.1, 0.15) is 24.1 Å². The summed E-state index contributed by atoms with van der Waals surface area (Å²) in [6, 6.07) is 9.47. The minimum absolute atomic E-state index is 0.0246. The lowest BCUT2D eigenvalue weighted by molar-refractivity contribution is 0.363. The van der Waals surface area contributed by atoms with Gasteiger partial charge < -0.3 is 29.0 Å². The van der Waals surface area contributed by atoms with E-state index in [9.17, 15) is 0 Å². The van der Waals surface area contributed by atoms with Gasteiger partial charge in [0.2, 0.25) is 0 Å². The Morgan fingerprint density at radius 1 is 0.731 bits per heavy atom. The molecule has 1 atom stereocenters. The van der Waals surface area contributed by atoms with E-state index >= 15 is 0 Å². The van der Waals surface area contributed by atoms with Gasteiger partial charge in [-0.1, -0.05) is 0 Å². The predicted molar refractivity (Wildman–Crippen MR) is 101 cm³/mol. The first-order chi connectivity index (χ1) is 12.6. The topological polar surface area (TPSA) is 58.2 Å². The van der Waals surface area contributed by atoms with Crippen LogP contribution in [-0.4, -0.2) is 35.5 Å². The average Bonchev–Trinajstić information content (AvgIpc) is 2.70. The molecule has 0 saturated heterocycles. The van der Waals surface area contributed by atoms with Gasteiger partial charge in [-0.15, -0.1) is 0 Å². The molecule has 0 saturated carbocycles. The number of nitrogens with one attached hydrogen (secondary N) is 1. The van der Waals surface area contributed by atoms with Crippen molar-refractivity contribution in [3.05, 3.63) is 41.5 Å². The van der Waals surface area contributed by atoms with Crippen molar-refractivity contribution in [1.29, 1.82) is 0 Å². The molecular formula is C20H27NO5. The van der Waals surface area contributed by atoms with Crippen molar-refractivity contribution >= 4 is 0 Å². The Labute approximate surface area is 155 Å². The third-order valence-electron chi connectivity index (χ3n) is 4.31. The molecule has 2 aromatic carbocycles. The van der Waals surface area contributed by atoms with Crippen LogP contribution in [-0.2, 0) is 6.54 Å². The molecule has 0 radical (unpaired) electrons. The van der Waals surface area contributed by atoms with E-state index in [4.69, 9.17) is 23.7 Å². The van der Waals surface area contributed by atoms with Crippen molar-refractivity contribution in [3.63, 3.8) is 0 Å². The maximum absolute atomic E-state index is 5.51. The van der Waals surface area contributed by atoms with Gasteiger partial charge in [-0.3, -0.25) is 0 Å². The highest BCUT2D eigenvalue weighted by Crippen LogP contribution is 2.35. The largest absolute Gasteiger partial charge is 0.497 e. The fourth-order valence-electron chi connectivity index (χ4n) is 2.79. The third kappa shape index (κ3) is 4.32. The molecule has 2 aromatic rings. The predicted octanol–water partition coefficient (Wildman–Crippen LogP) is 3.58. The van der Waals surface area contributed by atoms with Gasteiger partial charge in [0, 0.05) is 30.3 Å². The fraction of sp³-hybridized carbons (Fsp3) is 0.400. The molecule has 1 N–H and O–H groups in total. The molecule has 0 heterocycles. The van der Waals surface area contributed by atoms with Crippen LogP contribution < -0.4 is 29.0 Å². The van der Waals surface area contributed by atoms with Crippen molar-refractivity contribution in [2.24, 2.45) is 0 Å². The molecule has 2 rings (SSSR count). The zero-order chi connectivity index (χ0) is 19.1. The normalized spacial score (nSPS) is 11.6. The summed E-state index contributed by atoms with van der Waals surface area (Å²) in [6.07, 6.45) is 0. The van der Waals surface area contributed by atoms with Crippen LogP contribution in [0.4, 0.5) is 0 Å². The minimum Gasteiger partial charge on any atom is -0.497 e. The number of hydrogen-bond acceptors (Lipinski definition) is 6. The van der Waals surface area contributed by atoms with Gasteiger partial charge in [0.1, 0.15) is 28.7 Å². The van der Waals surface area contributed by atoms with Crippen LogP contribution in [0.25, 0.3) is 0 Å². The number of methoxy groups -OCH3 is 5. The van der Waals surface area contributed by atoms with Crippen LogP contribution in [0.2, 0.25) is 0 Å². The molecule has 0 amide bonds. The zero-order valence-electron chi connectivity index (χ0n) is 16.2. The van der Waals surface area contributed by atoms with E-state index < -0.39 is 0 Å². The molecule has 0 aliphatic rings. The summed E-state index contributed by atoms with van der Waals surface area (Å²) >= 11 is 0. The van der Waals surface area contributed by atoms with Crippen molar-refractivity contribution in [3.8, 4) is 28.7 Å². The highest BCUT2D eigenvalue weighted by atomic mass is 16.5. The fourth-order valence-corrected chi connectivity index (χ4v) is 2.79. The van der Waals surface area contributed by atoms with Gasteiger partial charge in [0.05, 0.1) is 41.1 Å². The number of hydrogen-bond donors (Lipinski definition) is 1. The Morgan fingerprint density at radius 2 is 1.31 bits per heavy atom. The summed E-state index contributed by atoms with van der Waals surface area (Å²) in [7, 11) is 8.19. The second-order valence-corrected chi connectivity index (χ2v) is 5.72. The van der Waals surface area contributed by atoms with Crippen LogP contribution in [0.3, 0.4) is 0 Å². The van der Waals surface area contributed by atoms with Crippen LogP contribution in [0.5, 0.6) is 28.7 Å². The first-order valence-electron chi connectivity index (χ1n) is 8.32. The van der Waals surface area contributed by atoms with Crippen LogP contribution >= 0.6 is 0 Å². The molecule has 0 bridgehead atoms. The second-order valence-electron chi connectivity index (χ2n) is 5.72. The maximum Gasteiger partial charge on any atom is 0.130 e. The first-order valence-corrected chi connectivity index (χ1v) is 8.32. The quantitative estimate of drug-likeness (QED) is 0.737. The van der Waals surface area contributed by atoms with Gasteiger partial charge in [-0.2, -0.15) is 0 Å². The summed E-state index contributed by atoms with van der Waals surface area (Å²) in [5.74, 6) is 3.69. The van der Waals surface area contributed by atoms with Crippen molar-refractivity contribution in [2.75, 3.05) is 35.5 Å². The van der Waals surface area contributed by atoms with E-state index in [1.165, 1.54) is 0 Å². The molecule has 142 valence electrons. The minimum atomic E-state index is 0.0246. The lowest BCUT2D eigenvalue weighted by Crippen LogP contribution is -2.19. The monoisotopic (exact) mass is 361 g/mol. The zero-order valence-corrected chi connectivity index (χ0v) is 16.2. The highest BCUT2D eigenvalue weighted by Gasteiger charge is 2.17. The SMILES string of the molecule is COc1cc(OC)c(CNC(C)c2cc(OC)ccc2OC)c(OC)c1. The maximum atomic E-state index is 5.51. The van der Waals surface area contributed by atoms with Crippen molar-refractivity contribution < 1.29 is 23.7 Å².